The Labute approximate surface area is 196 Å². The van der Waals surface area contributed by atoms with Crippen LogP contribution < -0.4 is 4.90 Å². The largest absolute Gasteiger partial charge is 0.341 e. The zero-order valence-electron chi connectivity index (χ0n) is 18.5. The van der Waals surface area contributed by atoms with Crippen molar-refractivity contribution in [2.75, 3.05) is 18.0 Å². The summed E-state index contributed by atoms with van der Waals surface area (Å²) >= 11 is 0.948. The molecule has 2 aliphatic heterocycles. The van der Waals surface area contributed by atoms with E-state index in [0.29, 0.717) is 10.6 Å². The van der Waals surface area contributed by atoms with Gasteiger partial charge in [0.05, 0.1) is 16.1 Å². The summed E-state index contributed by atoms with van der Waals surface area (Å²) in [6.45, 7) is 4.00. The van der Waals surface area contributed by atoms with Gasteiger partial charge in [0.2, 0.25) is 5.91 Å². The number of amides is 3. The second-order valence-corrected chi connectivity index (χ2v) is 9.31. The third-order valence-corrected chi connectivity index (χ3v) is 7.12. The van der Waals surface area contributed by atoms with Crippen LogP contribution in [0.5, 0.6) is 0 Å². The van der Waals surface area contributed by atoms with Crippen molar-refractivity contribution in [1.29, 1.82) is 0 Å². The number of para-hydroxylation sites is 2. The highest BCUT2D eigenvalue weighted by molar-refractivity contribution is 8.19. The van der Waals surface area contributed by atoms with Crippen molar-refractivity contribution in [3.05, 3.63) is 70.8 Å². The lowest BCUT2D eigenvalue weighted by atomic mass is 10.1. The zero-order valence-corrected chi connectivity index (χ0v) is 19.3. The minimum Gasteiger partial charge on any atom is -0.341 e. The summed E-state index contributed by atoms with van der Waals surface area (Å²) in [7, 11) is 0. The smallest absolute Gasteiger partial charge is 0.298 e. The minimum absolute atomic E-state index is 0.117. The Morgan fingerprint density at radius 1 is 1.03 bits per heavy atom. The monoisotopic (exact) mass is 459 g/mol. The second-order valence-electron chi connectivity index (χ2n) is 8.32. The van der Waals surface area contributed by atoms with E-state index in [9.17, 15) is 14.4 Å². The Kier molecular flexibility index (Phi) is 5.81. The van der Waals surface area contributed by atoms with Gasteiger partial charge in [-0.15, -0.1) is 0 Å². The number of hydrogen-bond donors (Lipinski definition) is 0. The summed E-state index contributed by atoms with van der Waals surface area (Å²) in [6, 6.07) is 15.1. The first-order valence-corrected chi connectivity index (χ1v) is 12.1. The van der Waals surface area contributed by atoms with E-state index < -0.39 is 0 Å². The van der Waals surface area contributed by atoms with Gasteiger partial charge in [-0.05, 0) is 54.8 Å². The van der Waals surface area contributed by atoms with Gasteiger partial charge in [-0.1, -0.05) is 43.3 Å². The third kappa shape index (κ3) is 3.97. The van der Waals surface area contributed by atoms with Crippen molar-refractivity contribution in [3.8, 4) is 0 Å². The maximum Gasteiger partial charge on any atom is 0.298 e. The molecule has 0 bridgehead atoms. The third-order valence-electron chi connectivity index (χ3n) is 6.25. The van der Waals surface area contributed by atoms with Gasteiger partial charge >= 0.3 is 0 Å². The van der Waals surface area contributed by atoms with Gasteiger partial charge in [-0.25, -0.2) is 4.90 Å². The Bertz CT molecular complexity index is 1270. The van der Waals surface area contributed by atoms with Gasteiger partial charge in [0, 0.05) is 30.2 Å². The molecule has 2 aromatic carbocycles. The Morgan fingerprint density at radius 2 is 1.79 bits per heavy atom. The molecule has 0 atom stereocenters. The summed E-state index contributed by atoms with van der Waals surface area (Å²) < 4.78 is 2.00. The van der Waals surface area contributed by atoms with E-state index in [4.69, 9.17) is 0 Å². The predicted molar refractivity (Wildman–Crippen MR) is 132 cm³/mol. The van der Waals surface area contributed by atoms with Crippen LogP contribution in [0.3, 0.4) is 0 Å². The molecule has 5 rings (SSSR count). The Balaban J connectivity index is 1.53. The highest BCUT2D eigenvalue weighted by Gasteiger charge is 2.36. The molecule has 0 spiro atoms. The number of likely N-dealkylation sites (tertiary alicyclic amines) is 1. The molecule has 2 saturated heterocycles. The molecule has 3 heterocycles. The van der Waals surface area contributed by atoms with E-state index in [0.717, 1.165) is 66.1 Å². The molecule has 7 heteroatoms. The number of carbonyl (C=O) groups is 3. The maximum atomic E-state index is 13.1. The zero-order chi connectivity index (χ0) is 22.9. The number of benzene rings is 2. The number of fused-ring (bicyclic) bond motifs is 1. The van der Waals surface area contributed by atoms with E-state index in [1.54, 1.807) is 30.3 Å². The number of aromatic nitrogens is 1. The van der Waals surface area contributed by atoms with Crippen molar-refractivity contribution >= 4 is 51.5 Å². The standard InChI is InChI=1S/C26H25N3O3S/c1-2-18-9-8-12-21-19(16-28(24(18)21)17-23(30)27-13-6-7-14-27)15-22-25(31)29(26(32)33-22)20-10-4-3-5-11-20/h3-5,8-12,15-16H,2,6-7,13-14,17H2,1H3/b22-15-. The summed E-state index contributed by atoms with van der Waals surface area (Å²) in [6.07, 6.45) is 6.67. The van der Waals surface area contributed by atoms with E-state index >= 15 is 0 Å². The van der Waals surface area contributed by atoms with Crippen molar-refractivity contribution in [1.82, 2.24) is 9.47 Å². The lowest BCUT2D eigenvalue weighted by molar-refractivity contribution is -0.130. The molecule has 0 N–H and O–H groups in total. The number of carbonyl (C=O) groups excluding carboxylic acids is 3. The van der Waals surface area contributed by atoms with Gasteiger partial charge < -0.3 is 9.47 Å². The quantitative estimate of drug-likeness (QED) is 0.500. The number of aryl methyl sites for hydroxylation is 1. The molecule has 3 aromatic rings. The van der Waals surface area contributed by atoms with E-state index in [-0.39, 0.29) is 23.6 Å². The van der Waals surface area contributed by atoms with Gasteiger partial charge in [0.25, 0.3) is 11.1 Å². The van der Waals surface area contributed by atoms with Crippen molar-refractivity contribution in [3.63, 3.8) is 0 Å². The number of rotatable bonds is 5. The molecule has 1 aromatic heterocycles. The van der Waals surface area contributed by atoms with E-state index in [1.165, 1.54) is 4.90 Å². The molecule has 0 saturated carbocycles. The van der Waals surface area contributed by atoms with Crippen LogP contribution in [0.25, 0.3) is 17.0 Å². The average molecular weight is 460 g/mol. The fraction of sp³-hybridized carbons (Fsp3) is 0.269. The molecule has 33 heavy (non-hydrogen) atoms. The topological polar surface area (TPSA) is 62.6 Å². The number of anilines is 1. The molecular weight excluding hydrogens is 434 g/mol. The Morgan fingerprint density at radius 3 is 2.52 bits per heavy atom. The predicted octanol–water partition coefficient (Wildman–Crippen LogP) is 5.07. The molecule has 3 amide bonds. The molecule has 2 fully saturated rings. The summed E-state index contributed by atoms with van der Waals surface area (Å²) in [5, 5.41) is 0.676. The molecule has 2 aliphatic rings. The van der Waals surface area contributed by atoms with Gasteiger partial charge in [-0.3, -0.25) is 14.4 Å². The molecule has 0 aliphatic carbocycles. The summed E-state index contributed by atoms with van der Waals surface area (Å²) in [5.41, 5.74) is 3.57. The number of thioether (sulfide) groups is 1. The highest BCUT2D eigenvalue weighted by atomic mass is 32.2. The first kappa shape index (κ1) is 21.5. The second kappa shape index (κ2) is 8.90. The molecule has 0 radical (unpaired) electrons. The van der Waals surface area contributed by atoms with Crippen LogP contribution in [0.4, 0.5) is 10.5 Å². The molecule has 0 unspecified atom stereocenters. The van der Waals surface area contributed by atoms with Gasteiger partial charge in [0.15, 0.2) is 0 Å². The van der Waals surface area contributed by atoms with E-state index in [1.807, 2.05) is 33.9 Å². The first-order chi connectivity index (χ1) is 16.1. The first-order valence-electron chi connectivity index (χ1n) is 11.3. The molecule has 6 nitrogen and oxygen atoms in total. The Hall–Kier alpha value is -3.32. The van der Waals surface area contributed by atoms with Crippen LogP contribution in [0.2, 0.25) is 0 Å². The van der Waals surface area contributed by atoms with E-state index in [2.05, 4.69) is 13.0 Å². The van der Waals surface area contributed by atoms with Crippen LogP contribution in [0.15, 0.2) is 59.6 Å². The van der Waals surface area contributed by atoms with Gasteiger partial charge in [0.1, 0.15) is 6.54 Å². The number of nitrogens with zero attached hydrogens (tertiary/aromatic N) is 3. The van der Waals surface area contributed by atoms with Crippen molar-refractivity contribution in [2.45, 2.75) is 32.7 Å². The SMILES string of the molecule is CCc1cccc2c(/C=C3\SC(=O)N(c4ccccc4)C3=O)cn(CC(=O)N3CCCC3)c12. The lowest BCUT2D eigenvalue weighted by Crippen LogP contribution is -2.30. The minimum atomic E-state index is -0.322. The van der Waals surface area contributed by atoms with Crippen molar-refractivity contribution < 1.29 is 14.4 Å². The van der Waals surface area contributed by atoms with Crippen LogP contribution >= 0.6 is 11.8 Å². The number of imide groups is 1. The fourth-order valence-corrected chi connectivity index (χ4v) is 5.44. The van der Waals surface area contributed by atoms with Crippen LogP contribution in [-0.4, -0.2) is 39.6 Å². The lowest BCUT2D eigenvalue weighted by Gasteiger charge is -2.16. The van der Waals surface area contributed by atoms with Crippen LogP contribution in [0, 0.1) is 0 Å². The molecular formula is C26H25N3O3S. The van der Waals surface area contributed by atoms with Crippen LogP contribution in [0.1, 0.15) is 30.9 Å². The van der Waals surface area contributed by atoms with Gasteiger partial charge in [-0.2, -0.15) is 0 Å². The molecule has 168 valence electrons. The average Bonchev–Trinajstić information content (AvgIpc) is 3.54. The summed E-state index contributed by atoms with van der Waals surface area (Å²) in [5.74, 6) is -0.205. The number of hydrogen-bond acceptors (Lipinski definition) is 4. The fourth-order valence-electron chi connectivity index (χ4n) is 4.61. The summed E-state index contributed by atoms with van der Waals surface area (Å²) in [4.78, 5) is 42.1. The highest BCUT2D eigenvalue weighted by Crippen LogP contribution is 2.37. The normalized spacial score (nSPS) is 17.7. The van der Waals surface area contributed by atoms with Crippen molar-refractivity contribution in [2.24, 2.45) is 0 Å². The maximum absolute atomic E-state index is 13.1. The van der Waals surface area contributed by atoms with Crippen LogP contribution in [-0.2, 0) is 22.6 Å².